The number of alkyl carbamates (subject to hydrolysis) is 1. The van der Waals surface area contributed by atoms with Crippen LogP contribution in [0.15, 0.2) is 59.1 Å². The van der Waals surface area contributed by atoms with Crippen molar-refractivity contribution in [1.29, 1.82) is 0 Å². The summed E-state index contributed by atoms with van der Waals surface area (Å²) in [5.41, 5.74) is 1.79. The predicted octanol–water partition coefficient (Wildman–Crippen LogP) is 6.18. The summed E-state index contributed by atoms with van der Waals surface area (Å²) in [6.07, 6.45) is 3.90. The lowest BCUT2D eigenvalue weighted by atomic mass is 9.81. The van der Waals surface area contributed by atoms with Gasteiger partial charge in [-0.15, -0.1) is 0 Å². The van der Waals surface area contributed by atoms with Crippen LogP contribution in [-0.2, 0) is 16.0 Å². The number of halogens is 1. The zero-order valence-corrected chi connectivity index (χ0v) is 21.4. The van der Waals surface area contributed by atoms with E-state index in [4.69, 9.17) is 4.74 Å². The third kappa shape index (κ3) is 8.50. The van der Waals surface area contributed by atoms with Crippen LogP contribution < -0.4 is 10.6 Å². The first-order valence-electron chi connectivity index (χ1n) is 11.8. The molecule has 3 rings (SSSR count). The maximum Gasteiger partial charge on any atom is 0.407 e. The van der Waals surface area contributed by atoms with Crippen LogP contribution >= 0.6 is 15.9 Å². The van der Waals surface area contributed by atoms with Crippen molar-refractivity contribution in [2.45, 2.75) is 64.5 Å². The van der Waals surface area contributed by atoms with Crippen molar-refractivity contribution in [1.82, 2.24) is 10.6 Å². The van der Waals surface area contributed by atoms with Gasteiger partial charge in [-0.1, -0.05) is 58.4 Å². The van der Waals surface area contributed by atoms with Gasteiger partial charge in [-0.05, 0) is 82.1 Å². The van der Waals surface area contributed by atoms with Gasteiger partial charge in [-0.25, -0.2) is 4.79 Å². The summed E-state index contributed by atoms with van der Waals surface area (Å²) in [6, 6.07) is 18.3. The lowest BCUT2D eigenvalue weighted by molar-refractivity contribution is -0.127. The van der Waals surface area contributed by atoms with Gasteiger partial charge in [-0.2, -0.15) is 0 Å². The lowest BCUT2D eigenvalue weighted by Gasteiger charge is -2.30. The van der Waals surface area contributed by atoms with Gasteiger partial charge in [0.05, 0.1) is 6.04 Å². The summed E-state index contributed by atoms with van der Waals surface area (Å²) in [5.74, 6) is 0.509. The standard InChI is InChI=1S/C27H35BrN2O3/c1-27(2,3)33-26(32)29-18-20-12-14-21(15-13-20)25(31)30-24(16-19-8-5-4-6-9-19)22-10-7-11-23(28)17-22/h4-11,17,20-21,24H,12-16,18H2,1-3H3,(H,29,32)(H,30,31)/t20?,21?,24-/m0/s1. The first-order valence-corrected chi connectivity index (χ1v) is 12.6. The monoisotopic (exact) mass is 514 g/mol. The second-order valence-corrected chi connectivity index (χ2v) is 10.8. The number of nitrogens with one attached hydrogen (secondary N) is 2. The van der Waals surface area contributed by atoms with E-state index >= 15 is 0 Å². The van der Waals surface area contributed by atoms with E-state index < -0.39 is 5.60 Å². The predicted molar refractivity (Wildman–Crippen MR) is 135 cm³/mol. The fourth-order valence-corrected chi connectivity index (χ4v) is 4.70. The van der Waals surface area contributed by atoms with Gasteiger partial charge in [0, 0.05) is 16.9 Å². The molecule has 1 atom stereocenters. The summed E-state index contributed by atoms with van der Waals surface area (Å²) in [7, 11) is 0. The molecule has 178 valence electrons. The number of hydrogen-bond acceptors (Lipinski definition) is 3. The molecule has 6 heteroatoms. The number of benzene rings is 2. The van der Waals surface area contributed by atoms with Gasteiger partial charge < -0.3 is 15.4 Å². The van der Waals surface area contributed by atoms with E-state index in [-0.39, 0.29) is 24.0 Å². The van der Waals surface area contributed by atoms with Crippen molar-refractivity contribution in [2.24, 2.45) is 11.8 Å². The third-order valence-electron chi connectivity index (χ3n) is 6.00. The van der Waals surface area contributed by atoms with E-state index in [0.717, 1.165) is 42.1 Å². The molecule has 1 fully saturated rings. The number of amides is 2. The highest BCUT2D eigenvalue weighted by atomic mass is 79.9. The minimum absolute atomic E-state index is 0.00760. The molecular weight excluding hydrogens is 480 g/mol. The molecule has 2 N–H and O–H groups in total. The van der Waals surface area contributed by atoms with Crippen LogP contribution in [0.5, 0.6) is 0 Å². The molecule has 0 heterocycles. The molecule has 1 aliphatic carbocycles. The molecule has 33 heavy (non-hydrogen) atoms. The lowest BCUT2D eigenvalue weighted by Crippen LogP contribution is -2.39. The first-order chi connectivity index (χ1) is 15.7. The molecule has 0 spiro atoms. The summed E-state index contributed by atoms with van der Waals surface area (Å²) in [6.45, 7) is 6.17. The summed E-state index contributed by atoms with van der Waals surface area (Å²) < 4.78 is 6.32. The van der Waals surface area contributed by atoms with Crippen LogP contribution in [-0.4, -0.2) is 24.1 Å². The Morgan fingerprint density at radius 1 is 1.03 bits per heavy atom. The maximum atomic E-state index is 13.2. The molecule has 0 aromatic heterocycles. The Kier molecular flexibility index (Phi) is 8.95. The molecule has 2 aromatic rings. The molecule has 0 radical (unpaired) electrons. The SMILES string of the molecule is CC(C)(C)OC(=O)NCC1CCC(C(=O)N[C@@H](Cc2ccccc2)c2cccc(Br)c2)CC1. The molecule has 2 aromatic carbocycles. The fraction of sp³-hybridized carbons (Fsp3) is 0.481. The zero-order chi connectivity index (χ0) is 23.8. The highest BCUT2D eigenvalue weighted by molar-refractivity contribution is 9.10. The Morgan fingerprint density at radius 3 is 2.36 bits per heavy atom. The highest BCUT2D eigenvalue weighted by Gasteiger charge is 2.28. The smallest absolute Gasteiger partial charge is 0.407 e. The molecule has 1 saturated carbocycles. The quantitative estimate of drug-likeness (QED) is 0.463. The highest BCUT2D eigenvalue weighted by Crippen LogP contribution is 2.30. The molecule has 2 amide bonds. The molecular formula is C27H35BrN2O3. The number of rotatable bonds is 7. The van der Waals surface area contributed by atoms with Crippen molar-refractivity contribution < 1.29 is 14.3 Å². The van der Waals surface area contributed by atoms with Gasteiger partial charge >= 0.3 is 6.09 Å². The van der Waals surface area contributed by atoms with Crippen LogP contribution in [0.2, 0.25) is 0 Å². The molecule has 0 aliphatic heterocycles. The molecule has 0 saturated heterocycles. The van der Waals surface area contributed by atoms with E-state index in [9.17, 15) is 9.59 Å². The minimum atomic E-state index is -0.496. The van der Waals surface area contributed by atoms with E-state index in [1.807, 2.05) is 51.1 Å². The largest absolute Gasteiger partial charge is 0.444 e. The molecule has 0 unspecified atom stereocenters. The Bertz CT molecular complexity index is 918. The van der Waals surface area contributed by atoms with Crippen molar-refractivity contribution in [3.8, 4) is 0 Å². The Labute approximate surface area is 205 Å². The van der Waals surface area contributed by atoms with Crippen LogP contribution in [0.1, 0.15) is 63.6 Å². The third-order valence-corrected chi connectivity index (χ3v) is 6.49. The van der Waals surface area contributed by atoms with Gasteiger partial charge in [0.15, 0.2) is 0 Å². The number of ether oxygens (including phenoxy) is 1. The normalized spacial score (nSPS) is 19.4. The molecule has 1 aliphatic rings. The van der Waals surface area contributed by atoms with Crippen molar-refractivity contribution in [3.05, 3.63) is 70.2 Å². The van der Waals surface area contributed by atoms with Crippen molar-refractivity contribution in [3.63, 3.8) is 0 Å². The number of carbonyl (C=O) groups is 2. The van der Waals surface area contributed by atoms with Crippen molar-refractivity contribution in [2.75, 3.05) is 6.54 Å². The van der Waals surface area contributed by atoms with E-state index in [1.54, 1.807) is 0 Å². The second-order valence-electron chi connectivity index (χ2n) is 9.91. The Hall–Kier alpha value is -2.34. The fourth-order valence-electron chi connectivity index (χ4n) is 4.29. The average Bonchev–Trinajstić information content (AvgIpc) is 2.77. The second kappa shape index (κ2) is 11.7. The Balaban J connectivity index is 1.54. The van der Waals surface area contributed by atoms with Gasteiger partial charge in [0.1, 0.15) is 5.60 Å². The van der Waals surface area contributed by atoms with Crippen LogP contribution in [0.4, 0.5) is 4.79 Å². The number of hydrogen-bond donors (Lipinski definition) is 2. The zero-order valence-electron chi connectivity index (χ0n) is 19.8. The minimum Gasteiger partial charge on any atom is -0.444 e. The maximum absolute atomic E-state index is 13.2. The van der Waals surface area contributed by atoms with Crippen molar-refractivity contribution >= 4 is 27.9 Å². The summed E-state index contributed by atoms with van der Waals surface area (Å²) >= 11 is 3.55. The van der Waals surface area contributed by atoms with Gasteiger partial charge in [0.25, 0.3) is 0 Å². The topological polar surface area (TPSA) is 67.4 Å². The Morgan fingerprint density at radius 2 is 1.73 bits per heavy atom. The van der Waals surface area contributed by atoms with Crippen LogP contribution in [0.3, 0.4) is 0 Å². The van der Waals surface area contributed by atoms with E-state index in [1.165, 1.54) is 5.56 Å². The van der Waals surface area contributed by atoms with Gasteiger partial charge in [0.2, 0.25) is 5.91 Å². The summed E-state index contributed by atoms with van der Waals surface area (Å²) in [4.78, 5) is 25.1. The van der Waals surface area contributed by atoms with E-state index in [2.05, 4.69) is 50.8 Å². The summed E-state index contributed by atoms with van der Waals surface area (Å²) in [5, 5.41) is 6.19. The van der Waals surface area contributed by atoms with Gasteiger partial charge in [-0.3, -0.25) is 4.79 Å². The first kappa shape index (κ1) is 25.3. The van der Waals surface area contributed by atoms with Crippen LogP contribution in [0, 0.1) is 11.8 Å². The van der Waals surface area contributed by atoms with Crippen LogP contribution in [0.25, 0.3) is 0 Å². The molecule has 5 nitrogen and oxygen atoms in total. The number of carbonyl (C=O) groups excluding carboxylic acids is 2. The molecule has 0 bridgehead atoms. The van der Waals surface area contributed by atoms with E-state index in [0.29, 0.717) is 12.5 Å². The average molecular weight is 515 g/mol.